The van der Waals surface area contributed by atoms with Crippen LogP contribution in [0.3, 0.4) is 0 Å². The Balaban J connectivity index is 2.24. The predicted octanol–water partition coefficient (Wildman–Crippen LogP) is 4.21. The highest BCUT2D eigenvalue weighted by molar-refractivity contribution is 9.10. The molecule has 0 amide bonds. The second-order valence-electron chi connectivity index (χ2n) is 4.62. The van der Waals surface area contributed by atoms with Gasteiger partial charge in [0.2, 0.25) is 0 Å². The van der Waals surface area contributed by atoms with Gasteiger partial charge in [0.25, 0.3) is 0 Å². The fourth-order valence-corrected chi connectivity index (χ4v) is 2.80. The molecule has 108 valence electrons. The van der Waals surface area contributed by atoms with Gasteiger partial charge in [0.15, 0.2) is 0 Å². The largest absolute Gasteiger partial charge is 0.335 e. The number of hydrogen-bond donors (Lipinski definition) is 1. The average molecular weight is 357 g/mol. The molecule has 0 fully saturated rings. The second kappa shape index (κ2) is 7.25. The quantitative estimate of drug-likeness (QED) is 0.840. The molecule has 1 aromatic carbocycles. The van der Waals surface area contributed by atoms with E-state index in [2.05, 4.69) is 56.8 Å². The van der Waals surface area contributed by atoms with Gasteiger partial charge in [-0.1, -0.05) is 24.6 Å². The molecular formula is C15H19BrClN3. The maximum atomic E-state index is 6.07. The molecule has 0 spiro atoms. The van der Waals surface area contributed by atoms with E-state index in [9.17, 15) is 0 Å². The van der Waals surface area contributed by atoms with Crippen LogP contribution in [0.1, 0.15) is 31.3 Å². The normalized spacial score (nSPS) is 12.6. The lowest BCUT2D eigenvalue weighted by atomic mass is 10.0. The fraction of sp³-hybridized carbons (Fsp3) is 0.400. The molecule has 1 aromatic heterocycles. The third-order valence-corrected chi connectivity index (χ3v) is 4.54. The van der Waals surface area contributed by atoms with E-state index in [-0.39, 0.29) is 6.04 Å². The van der Waals surface area contributed by atoms with E-state index in [1.165, 1.54) is 5.56 Å². The Hall–Kier alpha value is -0.840. The molecule has 0 bridgehead atoms. The molecule has 0 saturated heterocycles. The van der Waals surface area contributed by atoms with Gasteiger partial charge in [0.1, 0.15) is 5.82 Å². The van der Waals surface area contributed by atoms with Crippen LogP contribution in [0.5, 0.6) is 0 Å². The van der Waals surface area contributed by atoms with Crippen molar-refractivity contribution in [2.45, 2.75) is 32.9 Å². The molecule has 0 aliphatic rings. The van der Waals surface area contributed by atoms with Gasteiger partial charge in [0.05, 0.1) is 5.02 Å². The standard InChI is InChI=1S/C15H19BrClN3/c1-3-18-14(10-15-19-7-8-20(15)4-2)11-5-6-13(17)12(16)9-11/h5-9,14,18H,3-4,10H2,1-2H3. The zero-order valence-electron chi connectivity index (χ0n) is 11.7. The summed E-state index contributed by atoms with van der Waals surface area (Å²) in [5.74, 6) is 1.10. The van der Waals surface area contributed by atoms with Crippen LogP contribution in [0.4, 0.5) is 0 Å². The third-order valence-electron chi connectivity index (χ3n) is 3.33. The van der Waals surface area contributed by atoms with E-state index in [4.69, 9.17) is 11.6 Å². The predicted molar refractivity (Wildman–Crippen MR) is 87.2 cm³/mol. The van der Waals surface area contributed by atoms with Crippen molar-refractivity contribution in [1.29, 1.82) is 0 Å². The number of aryl methyl sites for hydroxylation is 1. The van der Waals surface area contributed by atoms with Gasteiger partial charge >= 0.3 is 0 Å². The number of imidazole rings is 1. The molecule has 20 heavy (non-hydrogen) atoms. The third kappa shape index (κ3) is 3.62. The average Bonchev–Trinajstić information content (AvgIpc) is 2.88. The van der Waals surface area contributed by atoms with Gasteiger partial charge in [-0.25, -0.2) is 4.98 Å². The van der Waals surface area contributed by atoms with Gasteiger partial charge in [-0.15, -0.1) is 0 Å². The Labute approximate surface area is 133 Å². The number of benzene rings is 1. The maximum absolute atomic E-state index is 6.07. The molecule has 2 rings (SSSR count). The first-order chi connectivity index (χ1) is 9.65. The van der Waals surface area contributed by atoms with Crippen molar-refractivity contribution < 1.29 is 0 Å². The van der Waals surface area contributed by atoms with Crippen LogP contribution in [-0.4, -0.2) is 16.1 Å². The number of hydrogen-bond acceptors (Lipinski definition) is 2. The van der Waals surface area contributed by atoms with Crippen LogP contribution in [0.2, 0.25) is 5.02 Å². The van der Waals surface area contributed by atoms with Crippen molar-refractivity contribution in [3.8, 4) is 0 Å². The number of aromatic nitrogens is 2. The summed E-state index contributed by atoms with van der Waals surface area (Å²) < 4.78 is 3.10. The number of likely N-dealkylation sites (N-methyl/N-ethyl adjacent to an activating group) is 1. The number of halogens is 2. The van der Waals surface area contributed by atoms with E-state index >= 15 is 0 Å². The highest BCUT2D eigenvalue weighted by atomic mass is 79.9. The minimum Gasteiger partial charge on any atom is -0.335 e. The molecule has 1 N–H and O–H groups in total. The Morgan fingerprint density at radius 1 is 1.40 bits per heavy atom. The molecule has 0 radical (unpaired) electrons. The first kappa shape index (κ1) is 15.5. The van der Waals surface area contributed by atoms with Crippen LogP contribution in [0.25, 0.3) is 0 Å². The van der Waals surface area contributed by atoms with Crippen LogP contribution in [0, 0.1) is 0 Å². The van der Waals surface area contributed by atoms with Crippen molar-refractivity contribution in [2.75, 3.05) is 6.54 Å². The molecule has 0 saturated carbocycles. The lowest BCUT2D eigenvalue weighted by molar-refractivity contribution is 0.522. The minimum atomic E-state index is 0.237. The smallest absolute Gasteiger partial charge is 0.110 e. The molecule has 1 heterocycles. The van der Waals surface area contributed by atoms with E-state index in [1.54, 1.807) is 0 Å². The van der Waals surface area contributed by atoms with Crippen LogP contribution >= 0.6 is 27.5 Å². The molecule has 0 aliphatic carbocycles. The zero-order chi connectivity index (χ0) is 14.5. The van der Waals surface area contributed by atoms with E-state index in [1.807, 2.05) is 18.5 Å². The summed E-state index contributed by atoms with van der Waals surface area (Å²) >= 11 is 9.56. The molecular weight excluding hydrogens is 338 g/mol. The minimum absolute atomic E-state index is 0.237. The van der Waals surface area contributed by atoms with Crippen molar-refractivity contribution >= 4 is 27.5 Å². The van der Waals surface area contributed by atoms with E-state index in [0.717, 1.165) is 34.8 Å². The summed E-state index contributed by atoms with van der Waals surface area (Å²) in [6.45, 7) is 6.10. The second-order valence-corrected chi connectivity index (χ2v) is 5.88. The summed E-state index contributed by atoms with van der Waals surface area (Å²) in [6.07, 6.45) is 4.75. The molecule has 2 aromatic rings. The Morgan fingerprint density at radius 3 is 2.85 bits per heavy atom. The summed E-state index contributed by atoms with van der Waals surface area (Å²) in [5.41, 5.74) is 1.22. The molecule has 1 unspecified atom stereocenters. The van der Waals surface area contributed by atoms with Gasteiger partial charge in [0, 0.05) is 35.9 Å². The molecule has 1 atom stereocenters. The van der Waals surface area contributed by atoms with Gasteiger partial charge in [-0.3, -0.25) is 0 Å². The maximum Gasteiger partial charge on any atom is 0.110 e. The van der Waals surface area contributed by atoms with Crippen molar-refractivity contribution in [3.05, 3.63) is 51.5 Å². The first-order valence-corrected chi connectivity index (χ1v) is 8.01. The van der Waals surface area contributed by atoms with Crippen molar-refractivity contribution in [2.24, 2.45) is 0 Å². The highest BCUT2D eigenvalue weighted by Gasteiger charge is 2.15. The Bertz CT molecular complexity index is 568. The molecule has 0 aliphatic heterocycles. The van der Waals surface area contributed by atoms with Crippen molar-refractivity contribution in [3.63, 3.8) is 0 Å². The first-order valence-electron chi connectivity index (χ1n) is 6.84. The summed E-state index contributed by atoms with van der Waals surface area (Å²) in [6, 6.07) is 6.31. The zero-order valence-corrected chi connectivity index (χ0v) is 14.1. The molecule has 5 heteroatoms. The summed E-state index contributed by atoms with van der Waals surface area (Å²) in [7, 11) is 0. The van der Waals surface area contributed by atoms with Crippen LogP contribution in [-0.2, 0) is 13.0 Å². The Morgan fingerprint density at radius 2 is 2.20 bits per heavy atom. The summed E-state index contributed by atoms with van der Waals surface area (Å²) in [5, 5.41) is 4.25. The van der Waals surface area contributed by atoms with Crippen LogP contribution < -0.4 is 5.32 Å². The lowest BCUT2D eigenvalue weighted by Gasteiger charge is -2.19. The number of rotatable bonds is 6. The van der Waals surface area contributed by atoms with Crippen LogP contribution in [0.15, 0.2) is 35.1 Å². The Kier molecular flexibility index (Phi) is 5.64. The number of nitrogens with zero attached hydrogens (tertiary/aromatic N) is 2. The van der Waals surface area contributed by atoms with Gasteiger partial charge < -0.3 is 9.88 Å². The lowest BCUT2D eigenvalue weighted by Crippen LogP contribution is -2.24. The van der Waals surface area contributed by atoms with Gasteiger partial charge in [-0.05, 0) is 47.1 Å². The van der Waals surface area contributed by atoms with Gasteiger partial charge in [-0.2, -0.15) is 0 Å². The van der Waals surface area contributed by atoms with Crippen molar-refractivity contribution in [1.82, 2.24) is 14.9 Å². The van der Waals surface area contributed by atoms with E-state index in [0.29, 0.717) is 0 Å². The SMILES string of the molecule is CCNC(Cc1nccn1CC)c1ccc(Cl)c(Br)c1. The number of nitrogens with one attached hydrogen (secondary N) is 1. The molecule has 3 nitrogen and oxygen atoms in total. The van der Waals surface area contributed by atoms with E-state index < -0.39 is 0 Å². The fourth-order valence-electron chi connectivity index (χ4n) is 2.28. The topological polar surface area (TPSA) is 29.9 Å². The summed E-state index contributed by atoms with van der Waals surface area (Å²) in [4.78, 5) is 4.46. The monoisotopic (exact) mass is 355 g/mol. The highest BCUT2D eigenvalue weighted by Crippen LogP contribution is 2.27.